The maximum absolute atomic E-state index is 13.6. The fourth-order valence-electron chi connectivity index (χ4n) is 4.29. The fourth-order valence-corrected chi connectivity index (χ4v) is 4.29. The van der Waals surface area contributed by atoms with Crippen molar-refractivity contribution in [3.05, 3.63) is 106 Å². The van der Waals surface area contributed by atoms with E-state index in [2.05, 4.69) is 4.98 Å². The Kier molecular flexibility index (Phi) is 5.05. The van der Waals surface area contributed by atoms with Crippen molar-refractivity contribution in [1.82, 2.24) is 4.98 Å². The van der Waals surface area contributed by atoms with Crippen LogP contribution in [0.2, 0.25) is 0 Å². The van der Waals surface area contributed by atoms with E-state index in [1.165, 1.54) is 24.4 Å². The monoisotopic (exact) mass is 473 g/mol. The second kappa shape index (κ2) is 8.10. The first kappa shape index (κ1) is 21.8. The number of carbonyl (C=O) groups is 2. The number of para-hydroxylation sites is 1. The van der Waals surface area contributed by atoms with E-state index in [0.717, 1.165) is 29.2 Å². The van der Waals surface area contributed by atoms with Crippen molar-refractivity contribution >= 4 is 39.7 Å². The summed E-state index contributed by atoms with van der Waals surface area (Å²) in [6.07, 6.45) is 1.49. The van der Waals surface area contributed by atoms with Gasteiger partial charge in [-0.2, -0.15) is 0 Å². The first-order chi connectivity index (χ1) is 16.8. The number of hydrogen-bond acceptors (Lipinski definition) is 6. The molecule has 10 heteroatoms. The molecular formula is C25H16FN3O6. The molecule has 0 saturated carbocycles. The topological polar surface area (TPSA) is 137 Å². The van der Waals surface area contributed by atoms with E-state index in [1.54, 1.807) is 24.3 Å². The lowest BCUT2D eigenvalue weighted by Crippen LogP contribution is -2.29. The van der Waals surface area contributed by atoms with Crippen molar-refractivity contribution in [2.45, 2.75) is 6.04 Å². The minimum atomic E-state index is -1.28. The molecule has 0 bridgehead atoms. The predicted molar refractivity (Wildman–Crippen MR) is 124 cm³/mol. The Bertz CT molecular complexity index is 1560. The molecule has 9 nitrogen and oxygen atoms in total. The predicted octanol–water partition coefficient (Wildman–Crippen LogP) is 4.55. The summed E-state index contributed by atoms with van der Waals surface area (Å²) < 4.78 is 13.6. The number of phenols is 1. The number of aromatic amines is 1. The molecule has 1 aliphatic heterocycles. The fraction of sp³-hybridized carbons (Fsp3) is 0.0400. The maximum atomic E-state index is 13.6. The van der Waals surface area contributed by atoms with E-state index < -0.39 is 45.7 Å². The summed E-state index contributed by atoms with van der Waals surface area (Å²) in [5.41, 5.74) is 0.240. The highest BCUT2D eigenvalue weighted by Gasteiger charge is 2.47. The number of ketones is 1. The number of aliphatic hydroxyl groups excluding tert-OH is 1. The van der Waals surface area contributed by atoms with Gasteiger partial charge < -0.3 is 15.2 Å². The highest BCUT2D eigenvalue weighted by Crippen LogP contribution is 2.44. The van der Waals surface area contributed by atoms with Gasteiger partial charge in [-0.15, -0.1) is 0 Å². The van der Waals surface area contributed by atoms with Crippen LogP contribution >= 0.6 is 0 Å². The van der Waals surface area contributed by atoms with Crippen LogP contribution in [0, 0.1) is 15.9 Å². The molecule has 3 aromatic carbocycles. The lowest BCUT2D eigenvalue weighted by molar-refractivity contribution is -0.385. The number of aliphatic hydroxyl groups is 1. The molecule has 1 amide bonds. The minimum Gasteiger partial charge on any atom is -0.507 e. The number of nitrogens with one attached hydrogen (secondary N) is 1. The van der Waals surface area contributed by atoms with Crippen LogP contribution in [0.3, 0.4) is 0 Å². The van der Waals surface area contributed by atoms with E-state index in [-0.39, 0.29) is 22.4 Å². The van der Waals surface area contributed by atoms with Crippen LogP contribution in [0.25, 0.3) is 16.7 Å². The first-order valence-corrected chi connectivity index (χ1v) is 10.4. The van der Waals surface area contributed by atoms with Crippen molar-refractivity contribution in [2.75, 3.05) is 4.90 Å². The number of carbonyl (C=O) groups excluding carboxylic acids is 2. The zero-order chi connectivity index (χ0) is 24.9. The number of benzene rings is 3. The lowest BCUT2D eigenvalue weighted by atomic mass is 9.94. The molecular weight excluding hydrogens is 457 g/mol. The molecule has 1 saturated heterocycles. The number of halogens is 1. The number of amides is 1. The van der Waals surface area contributed by atoms with Crippen molar-refractivity contribution in [3.63, 3.8) is 0 Å². The number of H-pyrrole nitrogens is 1. The number of aromatic nitrogens is 1. The second-order valence-electron chi connectivity index (χ2n) is 7.90. The van der Waals surface area contributed by atoms with Crippen LogP contribution in [0.15, 0.2) is 78.5 Å². The molecule has 3 N–H and O–H groups in total. The van der Waals surface area contributed by atoms with Crippen LogP contribution in [0.1, 0.15) is 17.2 Å². The number of rotatable bonds is 4. The zero-order valence-corrected chi connectivity index (χ0v) is 17.8. The Labute approximate surface area is 196 Å². The molecule has 0 radical (unpaired) electrons. The highest BCUT2D eigenvalue weighted by atomic mass is 19.1. The van der Waals surface area contributed by atoms with Gasteiger partial charge in [0.2, 0.25) is 0 Å². The van der Waals surface area contributed by atoms with Gasteiger partial charge in [0.1, 0.15) is 11.6 Å². The third-order valence-electron chi connectivity index (χ3n) is 5.91. The number of nitro groups is 1. The Morgan fingerprint density at radius 1 is 1.06 bits per heavy atom. The van der Waals surface area contributed by atoms with Crippen LogP contribution in [0.5, 0.6) is 5.75 Å². The van der Waals surface area contributed by atoms with Gasteiger partial charge in [-0.25, -0.2) is 4.39 Å². The molecule has 4 aromatic rings. The molecule has 35 heavy (non-hydrogen) atoms. The average Bonchev–Trinajstić information content (AvgIpc) is 3.39. The molecule has 1 unspecified atom stereocenters. The molecule has 1 aliphatic rings. The van der Waals surface area contributed by atoms with Gasteiger partial charge in [0.25, 0.3) is 11.7 Å². The number of phenolic OH excluding ortho intramolecular Hbond substituents is 1. The Balaban J connectivity index is 1.78. The van der Waals surface area contributed by atoms with Gasteiger partial charge in [-0.3, -0.25) is 24.6 Å². The van der Waals surface area contributed by atoms with Crippen molar-refractivity contribution < 1.29 is 29.1 Å². The molecule has 5 rings (SSSR count). The summed E-state index contributed by atoms with van der Waals surface area (Å²) in [7, 11) is 0. The average molecular weight is 473 g/mol. The standard InChI is InChI=1S/C25H16FN3O6/c26-14-6-8-15(9-7-14)28-22(13-5-10-20(30)19(11-13)29(34)35)21(24(32)25(28)33)23(31)17-12-27-18-4-2-1-3-16(17)18/h1-12,22,27,30-31H/b23-21-. The van der Waals surface area contributed by atoms with E-state index >= 15 is 0 Å². The molecule has 1 fully saturated rings. The quantitative estimate of drug-likeness (QED) is 0.131. The number of nitro benzene ring substituents is 1. The van der Waals surface area contributed by atoms with Crippen LogP contribution in [-0.4, -0.2) is 31.8 Å². The van der Waals surface area contributed by atoms with E-state index in [1.807, 2.05) is 0 Å². The summed E-state index contributed by atoms with van der Waals surface area (Å²) in [6, 6.07) is 13.9. The van der Waals surface area contributed by atoms with Crippen molar-refractivity contribution in [2.24, 2.45) is 0 Å². The first-order valence-electron chi connectivity index (χ1n) is 10.4. The van der Waals surface area contributed by atoms with Gasteiger partial charge in [-0.1, -0.05) is 24.3 Å². The summed E-state index contributed by atoms with van der Waals surface area (Å²) in [5.74, 6) is -3.67. The molecule has 1 aromatic heterocycles. The number of hydrogen-bond donors (Lipinski definition) is 3. The number of Topliss-reactive ketones (excluding diaryl/α,β-unsaturated/α-hetero) is 1. The van der Waals surface area contributed by atoms with Gasteiger partial charge >= 0.3 is 5.69 Å². The normalized spacial score (nSPS) is 17.3. The van der Waals surface area contributed by atoms with E-state index in [9.17, 15) is 34.3 Å². The number of fused-ring (bicyclic) bond motifs is 1. The minimum absolute atomic E-state index is 0.0967. The van der Waals surface area contributed by atoms with Crippen molar-refractivity contribution in [1.29, 1.82) is 0 Å². The van der Waals surface area contributed by atoms with Gasteiger partial charge in [0.05, 0.1) is 16.5 Å². The van der Waals surface area contributed by atoms with Crippen molar-refractivity contribution in [3.8, 4) is 5.75 Å². The second-order valence-corrected chi connectivity index (χ2v) is 7.90. The molecule has 2 heterocycles. The van der Waals surface area contributed by atoms with Gasteiger partial charge in [0, 0.05) is 34.4 Å². The van der Waals surface area contributed by atoms with E-state index in [0.29, 0.717) is 10.9 Å². The maximum Gasteiger partial charge on any atom is 0.311 e. The summed E-state index contributed by atoms with van der Waals surface area (Å²) >= 11 is 0. The third kappa shape index (κ3) is 3.48. The Hall–Kier alpha value is -4.99. The van der Waals surface area contributed by atoms with E-state index in [4.69, 9.17) is 0 Å². The molecule has 0 spiro atoms. The lowest BCUT2D eigenvalue weighted by Gasteiger charge is -2.25. The largest absolute Gasteiger partial charge is 0.507 e. The van der Waals surface area contributed by atoms with Crippen LogP contribution < -0.4 is 4.90 Å². The highest BCUT2D eigenvalue weighted by molar-refractivity contribution is 6.51. The third-order valence-corrected chi connectivity index (χ3v) is 5.91. The zero-order valence-electron chi connectivity index (χ0n) is 17.8. The number of aromatic hydroxyl groups is 1. The Morgan fingerprint density at radius 2 is 1.77 bits per heavy atom. The van der Waals surface area contributed by atoms with Crippen LogP contribution in [0.4, 0.5) is 15.8 Å². The number of nitrogens with zero attached hydrogens (tertiary/aromatic N) is 2. The smallest absolute Gasteiger partial charge is 0.311 e. The molecule has 174 valence electrons. The SMILES string of the molecule is O=C1C(=O)N(c2ccc(F)cc2)C(c2ccc(O)c([N+](=O)[O-])c2)/C1=C(/O)c1c[nH]c2ccccc12. The number of anilines is 1. The van der Waals surface area contributed by atoms with Crippen LogP contribution in [-0.2, 0) is 9.59 Å². The van der Waals surface area contributed by atoms with Gasteiger partial charge in [0.15, 0.2) is 5.75 Å². The summed E-state index contributed by atoms with van der Waals surface area (Å²) in [4.78, 5) is 41.0. The summed E-state index contributed by atoms with van der Waals surface area (Å²) in [5, 5.41) is 33.2. The summed E-state index contributed by atoms with van der Waals surface area (Å²) in [6.45, 7) is 0. The Morgan fingerprint density at radius 3 is 2.49 bits per heavy atom. The van der Waals surface area contributed by atoms with Gasteiger partial charge in [-0.05, 0) is 42.0 Å². The molecule has 1 atom stereocenters. The molecule has 0 aliphatic carbocycles.